The quantitative estimate of drug-likeness (QED) is 0.877. The van der Waals surface area contributed by atoms with Gasteiger partial charge in [-0.2, -0.15) is 0 Å². The van der Waals surface area contributed by atoms with Crippen LogP contribution in [-0.2, 0) is 7.05 Å². The Morgan fingerprint density at radius 2 is 2.30 bits per heavy atom. The van der Waals surface area contributed by atoms with Crippen LogP contribution in [0.4, 0.5) is 4.39 Å². The second-order valence-electron chi connectivity index (χ2n) is 5.16. The second-order valence-corrected chi connectivity index (χ2v) is 5.60. The van der Waals surface area contributed by atoms with Crippen molar-refractivity contribution in [1.29, 1.82) is 0 Å². The number of piperidine rings is 1. The molecule has 0 spiro atoms. The molecule has 0 amide bonds. The zero-order chi connectivity index (χ0) is 14.3. The van der Waals surface area contributed by atoms with E-state index in [1.54, 1.807) is 7.05 Å². The summed E-state index contributed by atoms with van der Waals surface area (Å²) in [4.78, 5) is 16.8. The molecule has 0 radical (unpaired) electrons. The molecular formula is C14H15ClFN3O. The van der Waals surface area contributed by atoms with Gasteiger partial charge in [-0.3, -0.25) is 9.36 Å². The Morgan fingerprint density at radius 3 is 3.00 bits per heavy atom. The van der Waals surface area contributed by atoms with Crippen molar-refractivity contribution in [2.45, 2.75) is 18.8 Å². The molecule has 1 N–H and O–H groups in total. The average molecular weight is 296 g/mol. The highest BCUT2D eigenvalue weighted by atomic mass is 35.5. The number of nitrogens with zero attached hydrogens (tertiary/aromatic N) is 2. The van der Waals surface area contributed by atoms with Crippen LogP contribution in [0.1, 0.15) is 24.6 Å². The van der Waals surface area contributed by atoms with Crippen LogP contribution in [-0.4, -0.2) is 22.6 Å². The van der Waals surface area contributed by atoms with E-state index in [1.165, 1.54) is 16.7 Å². The van der Waals surface area contributed by atoms with Gasteiger partial charge in [-0.15, -0.1) is 0 Å². The third-order valence-electron chi connectivity index (χ3n) is 3.80. The lowest BCUT2D eigenvalue weighted by Crippen LogP contribution is -2.33. The monoisotopic (exact) mass is 295 g/mol. The molecule has 1 aliphatic heterocycles. The van der Waals surface area contributed by atoms with Crippen LogP contribution in [0.25, 0.3) is 10.9 Å². The van der Waals surface area contributed by atoms with Gasteiger partial charge in [0.15, 0.2) is 5.82 Å². The summed E-state index contributed by atoms with van der Waals surface area (Å²) in [6, 6.07) is 2.66. The smallest absolute Gasteiger partial charge is 0.261 e. The van der Waals surface area contributed by atoms with Gasteiger partial charge in [0.2, 0.25) is 0 Å². The maximum absolute atomic E-state index is 14.0. The molecule has 1 fully saturated rings. The van der Waals surface area contributed by atoms with Gasteiger partial charge in [0.05, 0.1) is 5.39 Å². The molecule has 1 atom stereocenters. The highest BCUT2D eigenvalue weighted by Gasteiger charge is 2.21. The fourth-order valence-electron chi connectivity index (χ4n) is 2.75. The van der Waals surface area contributed by atoms with Crippen molar-refractivity contribution >= 4 is 22.5 Å². The minimum Gasteiger partial charge on any atom is -0.316 e. The van der Waals surface area contributed by atoms with E-state index in [2.05, 4.69) is 10.3 Å². The maximum Gasteiger partial charge on any atom is 0.261 e. The average Bonchev–Trinajstić information content (AvgIpc) is 2.44. The summed E-state index contributed by atoms with van der Waals surface area (Å²) in [7, 11) is 1.68. The maximum atomic E-state index is 14.0. The minimum absolute atomic E-state index is 0.109. The van der Waals surface area contributed by atoms with Crippen LogP contribution >= 0.6 is 11.6 Å². The summed E-state index contributed by atoms with van der Waals surface area (Å²) in [5.41, 5.74) is -0.143. The van der Waals surface area contributed by atoms with Crippen molar-refractivity contribution in [2.24, 2.45) is 7.05 Å². The lowest BCUT2D eigenvalue weighted by Gasteiger charge is -2.24. The molecule has 20 heavy (non-hydrogen) atoms. The van der Waals surface area contributed by atoms with E-state index in [0.717, 1.165) is 25.9 Å². The van der Waals surface area contributed by atoms with Gasteiger partial charge in [-0.25, -0.2) is 9.37 Å². The first-order chi connectivity index (χ1) is 9.58. The molecule has 0 aliphatic carbocycles. The Balaban J connectivity index is 2.24. The summed E-state index contributed by atoms with van der Waals surface area (Å²) < 4.78 is 15.5. The number of hydrogen-bond acceptors (Lipinski definition) is 3. The first-order valence-corrected chi connectivity index (χ1v) is 7.02. The lowest BCUT2D eigenvalue weighted by molar-refractivity contribution is 0.434. The molecule has 3 rings (SSSR count). The van der Waals surface area contributed by atoms with E-state index < -0.39 is 5.82 Å². The lowest BCUT2D eigenvalue weighted by atomic mass is 9.98. The molecule has 1 aliphatic rings. The van der Waals surface area contributed by atoms with Crippen molar-refractivity contribution in [3.05, 3.63) is 39.2 Å². The van der Waals surface area contributed by atoms with Crippen LogP contribution in [0.3, 0.4) is 0 Å². The van der Waals surface area contributed by atoms with Crippen LogP contribution in [0, 0.1) is 5.82 Å². The zero-order valence-corrected chi connectivity index (χ0v) is 11.9. The Hall–Kier alpha value is -1.46. The molecule has 1 aromatic carbocycles. The van der Waals surface area contributed by atoms with Gasteiger partial charge < -0.3 is 5.32 Å². The van der Waals surface area contributed by atoms with Gasteiger partial charge in [-0.05, 0) is 31.5 Å². The molecule has 6 heteroatoms. The number of hydrogen-bond donors (Lipinski definition) is 1. The molecule has 2 aromatic rings. The summed E-state index contributed by atoms with van der Waals surface area (Å²) >= 11 is 5.81. The van der Waals surface area contributed by atoms with E-state index in [4.69, 9.17) is 11.6 Å². The normalized spacial score (nSPS) is 19.4. The van der Waals surface area contributed by atoms with Gasteiger partial charge in [0.25, 0.3) is 5.56 Å². The molecule has 0 bridgehead atoms. The second kappa shape index (κ2) is 5.14. The van der Waals surface area contributed by atoms with E-state index in [-0.39, 0.29) is 27.4 Å². The van der Waals surface area contributed by atoms with Crippen molar-refractivity contribution in [3.63, 3.8) is 0 Å². The standard InChI is InChI=1S/C14H15ClFN3O/c1-19-13(8-3-2-4-17-7-8)18-12-10(14(19)20)5-9(15)6-11(12)16/h5-6,8,17H,2-4,7H2,1H3/t8-/m1/s1. The van der Waals surface area contributed by atoms with E-state index in [9.17, 15) is 9.18 Å². The Kier molecular flexibility index (Phi) is 3.48. The van der Waals surface area contributed by atoms with Crippen molar-refractivity contribution in [1.82, 2.24) is 14.9 Å². The van der Waals surface area contributed by atoms with E-state index in [0.29, 0.717) is 5.82 Å². The predicted molar refractivity (Wildman–Crippen MR) is 76.8 cm³/mol. The minimum atomic E-state index is -0.546. The SMILES string of the molecule is Cn1c([C@@H]2CCCNC2)nc2c(F)cc(Cl)cc2c1=O. The van der Waals surface area contributed by atoms with Crippen LogP contribution in [0.5, 0.6) is 0 Å². The molecule has 0 unspecified atom stereocenters. The van der Waals surface area contributed by atoms with Crippen molar-refractivity contribution < 1.29 is 4.39 Å². The van der Waals surface area contributed by atoms with E-state index >= 15 is 0 Å². The Morgan fingerprint density at radius 1 is 1.50 bits per heavy atom. The first-order valence-electron chi connectivity index (χ1n) is 6.64. The Bertz CT molecular complexity index is 722. The van der Waals surface area contributed by atoms with Gasteiger partial charge >= 0.3 is 0 Å². The summed E-state index contributed by atoms with van der Waals surface area (Å²) in [5, 5.41) is 3.72. The fourth-order valence-corrected chi connectivity index (χ4v) is 2.96. The summed E-state index contributed by atoms with van der Waals surface area (Å²) in [5.74, 6) is 0.229. The number of rotatable bonds is 1. The molecular weight excluding hydrogens is 281 g/mol. The van der Waals surface area contributed by atoms with Crippen LogP contribution in [0.15, 0.2) is 16.9 Å². The van der Waals surface area contributed by atoms with Gasteiger partial charge in [0, 0.05) is 24.5 Å². The molecule has 2 heterocycles. The third-order valence-corrected chi connectivity index (χ3v) is 4.01. The fraction of sp³-hybridized carbons (Fsp3) is 0.429. The topological polar surface area (TPSA) is 46.9 Å². The predicted octanol–water partition coefficient (Wildman–Crippen LogP) is 2.19. The van der Waals surface area contributed by atoms with Crippen LogP contribution < -0.4 is 10.9 Å². The highest BCUT2D eigenvalue weighted by molar-refractivity contribution is 6.31. The number of fused-ring (bicyclic) bond motifs is 1. The molecule has 106 valence electrons. The highest BCUT2D eigenvalue weighted by Crippen LogP contribution is 2.24. The number of aromatic nitrogens is 2. The molecule has 1 aromatic heterocycles. The molecule has 4 nitrogen and oxygen atoms in total. The number of halogens is 2. The third kappa shape index (κ3) is 2.21. The number of benzene rings is 1. The summed E-state index contributed by atoms with van der Waals surface area (Å²) in [6.45, 7) is 1.74. The Labute approximate surface area is 120 Å². The summed E-state index contributed by atoms with van der Waals surface area (Å²) in [6.07, 6.45) is 1.98. The van der Waals surface area contributed by atoms with Crippen molar-refractivity contribution in [2.75, 3.05) is 13.1 Å². The van der Waals surface area contributed by atoms with Crippen molar-refractivity contribution in [3.8, 4) is 0 Å². The number of nitrogens with one attached hydrogen (secondary N) is 1. The largest absolute Gasteiger partial charge is 0.316 e. The van der Waals surface area contributed by atoms with E-state index in [1.807, 2.05) is 0 Å². The van der Waals surface area contributed by atoms with Crippen LogP contribution in [0.2, 0.25) is 5.02 Å². The van der Waals surface area contributed by atoms with Gasteiger partial charge in [-0.1, -0.05) is 11.6 Å². The first kappa shape index (κ1) is 13.5. The molecule has 1 saturated heterocycles. The zero-order valence-electron chi connectivity index (χ0n) is 11.1. The molecule has 0 saturated carbocycles. The van der Waals surface area contributed by atoms with Gasteiger partial charge in [0.1, 0.15) is 11.3 Å².